The average molecular weight is 342 g/mol. The minimum atomic E-state index is -1.03. The lowest BCUT2D eigenvalue weighted by atomic mass is 10.0. The fraction of sp³-hybridized carbons (Fsp3) is 0.824. The van der Waals surface area contributed by atoms with Crippen molar-refractivity contribution in [3.63, 3.8) is 0 Å². The fourth-order valence-corrected chi connectivity index (χ4v) is 2.82. The minimum Gasteiger partial charge on any atom is -0.480 e. The first-order valence-corrected chi connectivity index (χ1v) is 8.43. The van der Waals surface area contributed by atoms with Crippen LogP contribution >= 0.6 is 0 Å². The maximum Gasteiger partial charge on any atom is 0.410 e. The van der Waals surface area contributed by atoms with Gasteiger partial charge in [0.1, 0.15) is 17.7 Å². The highest BCUT2D eigenvalue weighted by Crippen LogP contribution is 2.23. The molecule has 0 bridgehead atoms. The van der Waals surface area contributed by atoms with Crippen LogP contribution in [-0.4, -0.2) is 64.2 Å². The lowest BCUT2D eigenvalue weighted by molar-refractivity contribution is -0.151. The number of likely N-dealkylation sites (tertiary alicyclic amines) is 1. The number of likely N-dealkylation sites (N-methyl/N-ethyl adjacent to an activating group) is 1. The van der Waals surface area contributed by atoms with Gasteiger partial charge in [0.05, 0.1) is 0 Å². The van der Waals surface area contributed by atoms with Crippen LogP contribution in [0.5, 0.6) is 0 Å². The maximum absolute atomic E-state index is 12.8. The third-order valence-electron chi connectivity index (χ3n) is 3.96. The highest BCUT2D eigenvalue weighted by molar-refractivity contribution is 5.89. The first-order valence-electron chi connectivity index (χ1n) is 8.43. The summed E-state index contributed by atoms with van der Waals surface area (Å²) in [6.45, 7) is 9.59. The highest BCUT2D eigenvalue weighted by Gasteiger charge is 2.40. The van der Waals surface area contributed by atoms with Crippen LogP contribution in [0.25, 0.3) is 0 Å². The smallest absolute Gasteiger partial charge is 0.410 e. The van der Waals surface area contributed by atoms with Crippen molar-refractivity contribution < 1.29 is 24.2 Å². The van der Waals surface area contributed by atoms with Crippen molar-refractivity contribution in [2.75, 3.05) is 13.6 Å². The predicted octanol–water partition coefficient (Wildman–Crippen LogP) is 2.34. The molecule has 0 unspecified atom stereocenters. The van der Waals surface area contributed by atoms with E-state index in [1.54, 1.807) is 20.8 Å². The Balaban J connectivity index is 2.87. The van der Waals surface area contributed by atoms with E-state index in [1.807, 2.05) is 13.8 Å². The number of carbonyl (C=O) groups is 3. The summed E-state index contributed by atoms with van der Waals surface area (Å²) in [6, 6.07) is -1.54. The molecule has 0 aliphatic carbocycles. The van der Waals surface area contributed by atoms with E-state index in [0.29, 0.717) is 25.8 Å². The second-order valence-electron chi connectivity index (χ2n) is 7.76. The van der Waals surface area contributed by atoms with E-state index >= 15 is 0 Å². The van der Waals surface area contributed by atoms with Crippen molar-refractivity contribution in [1.82, 2.24) is 9.80 Å². The molecule has 1 heterocycles. The van der Waals surface area contributed by atoms with Gasteiger partial charge in [-0.1, -0.05) is 13.8 Å². The molecule has 0 aromatic carbocycles. The van der Waals surface area contributed by atoms with Crippen molar-refractivity contribution in [3.8, 4) is 0 Å². The third kappa shape index (κ3) is 5.39. The first-order chi connectivity index (χ1) is 10.9. The summed E-state index contributed by atoms with van der Waals surface area (Å²) in [5, 5.41) is 9.41. The van der Waals surface area contributed by atoms with Crippen LogP contribution < -0.4 is 0 Å². The topological polar surface area (TPSA) is 87.2 Å². The Hall–Kier alpha value is -1.79. The van der Waals surface area contributed by atoms with E-state index in [2.05, 4.69) is 0 Å². The van der Waals surface area contributed by atoms with Gasteiger partial charge < -0.3 is 14.7 Å². The zero-order valence-corrected chi connectivity index (χ0v) is 15.5. The Morgan fingerprint density at radius 1 is 1.29 bits per heavy atom. The quantitative estimate of drug-likeness (QED) is 0.828. The lowest BCUT2D eigenvalue weighted by Gasteiger charge is -2.32. The van der Waals surface area contributed by atoms with E-state index in [9.17, 15) is 19.5 Å². The SMILES string of the molecule is CC(C)C[C@@H](C(=O)O)N(C)C(=O)[C@@H]1CCCN1C(=O)OC(C)(C)C. The average Bonchev–Trinajstić information content (AvgIpc) is 2.90. The number of ether oxygens (including phenoxy) is 1. The number of carboxylic acids is 1. The van der Waals surface area contributed by atoms with E-state index in [0.717, 1.165) is 0 Å². The molecule has 0 aromatic rings. The molecule has 1 rings (SSSR count). The molecule has 1 fully saturated rings. The van der Waals surface area contributed by atoms with Gasteiger partial charge in [0.15, 0.2) is 0 Å². The first kappa shape index (κ1) is 20.3. The second kappa shape index (κ2) is 7.85. The molecule has 0 spiro atoms. The van der Waals surface area contributed by atoms with E-state index < -0.39 is 29.7 Å². The van der Waals surface area contributed by atoms with Crippen LogP contribution in [0.15, 0.2) is 0 Å². The van der Waals surface area contributed by atoms with Gasteiger partial charge in [-0.15, -0.1) is 0 Å². The second-order valence-corrected chi connectivity index (χ2v) is 7.76. The highest BCUT2D eigenvalue weighted by atomic mass is 16.6. The Labute approximate surface area is 143 Å². The van der Waals surface area contributed by atoms with Crippen molar-refractivity contribution >= 4 is 18.0 Å². The zero-order chi connectivity index (χ0) is 18.7. The number of rotatable bonds is 5. The summed E-state index contributed by atoms with van der Waals surface area (Å²) in [7, 11) is 1.50. The van der Waals surface area contributed by atoms with E-state index in [1.165, 1.54) is 16.8 Å². The molecule has 1 aliphatic rings. The molecule has 2 amide bonds. The molecule has 2 atom stereocenters. The molecule has 7 nitrogen and oxygen atoms in total. The minimum absolute atomic E-state index is 0.145. The van der Waals surface area contributed by atoms with Crippen molar-refractivity contribution in [1.29, 1.82) is 0 Å². The van der Waals surface area contributed by atoms with Crippen molar-refractivity contribution in [3.05, 3.63) is 0 Å². The third-order valence-corrected chi connectivity index (χ3v) is 3.96. The van der Waals surface area contributed by atoms with Crippen LogP contribution in [0.4, 0.5) is 4.79 Å². The van der Waals surface area contributed by atoms with Crippen LogP contribution in [0, 0.1) is 5.92 Å². The van der Waals surface area contributed by atoms with Gasteiger partial charge in [0.25, 0.3) is 0 Å². The molecular formula is C17H30N2O5. The maximum atomic E-state index is 12.8. The van der Waals surface area contributed by atoms with Gasteiger partial charge in [-0.3, -0.25) is 9.69 Å². The summed E-state index contributed by atoms with van der Waals surface area (Å²) < 4.78 is 5.35. The fourth-order valence-electron chi connectivity index (χ4n) is 2.82. The Morgan fingerprint density at radius 2 is 1.88 bits per heavy atom. The molecule has 0 saturated carbocycles. The Bertz CT molecular complexity index is 484. The molecular weight excluding hydrogens is 312 g/mol. The van der Waals surface area contributed by atoms with Gasteiger partial charge in [0.2, 0.25) is 5.91 Å². The predicted molar refractivity (Wildman–Crippen MR) is 89.6 cm³/mol. The number of amides is 2. The number of hydrogen-bond acceptors (Lipinski definition) is 4. The summed E-state index contributed by atoms with van der Waals surface area (Å²) in [5.74, 6) is -1.22. The molecule has 1 N–H and O–H groups in total. The van der Waals surface area contributed by atoms with Crippen LogP contribution in [-0.2, 0) is 14.3 Å². The normalized spacial score (nSPS) is 19.3. The summed E-state index contributed by atoms with van der Waals surface area (Å²) in [5.41, 5.74) is -0.638. The summed E-state index contributed by atoms with van der Waals surface area (Å²) >= 11 is 0. The number of carboxylic acid groups (broad SMARTS) is 1. The van der Waals surface area contributed by atoms with Gasteiger partial charge in [-0.05, 0) is 46.0 Å². The molecule has 7 heteroatoms. The monoisotopic (exact) mass is 342 g/mol. The van der Waals surface area contributed by atoms with E-state index in [-0.39, 0.29) is 11.8 Å². The van der Waals surface area contributed by atoms with Gasteiger partial charge >= 0.3 is 12.1 Å². The van der Waals surface area contributed by atoms with Crippen LogP contribution in [0.1, 0.15) is 53.9 Å². The summed E-state index contributed by atoms with van der Waals surface area (Å²) in [6.07, 6.45) is 1.07. The molecule has 24 heavy (non-hydrogen) atoms. The number of carbonyl (C=O) groups excluding carboxylic acids is 2. The van der Waals surface area contributed by atoms with Crippen molar-refractivity contribution in [2.24, 2.45) is 5.92 Å². The number of hydrogen-bond donors (Lipinski definition) is 1. The van der Waals surface area contributed by atoms with E-state index in [4.69, 9.17) is 4.74 Å². The standard InChI is InChI=1S/C17H30N2O5/c1-11(2)10-13(15(21)22)18(6)14(20)12-8-7-9-19(12)16(23)24-17(3,4)5/h11-13H,7-10H2,1-6H3,(H,21,22)/t12-,13-/m0/s1. The molecule has 138 valence electrons. The van der Waals surface area contributed by atoms with Gasteiger partial charge in [-0.2, -0.15) is 0 Å². The zero-order valence-electron chi connectivity index (χ0n) is 15.5. The lowest BCUT2D eigenvalue weighted by Crippen LogP contribution is -2.52. The molecule has 1 aliphatic heterocycles. The largest absolute Gasteiger partial charge is 0.480 e. The Morgan fingerprint density at radius 3 is 2.33 bits per heavy atom. The van der Waals surface area contributed by atoms with Crippen LogP contribution in [0.3, 0.4) is 0 Å². The molecule has 1 saturated heterocycles. The van der Waals surface area contributed by atoms with Crippen LogP contribution in [0.2, 0.25) is 0 Å². The molecule has 0 aromatic heterocycles. The number of nitrogens with zero attached hydrogens (tertiary/aromatic N) is 2. The summed E-state index contributed by atoms with van der Waals surface area (Å²) in [4.78, 5) is 39.2. The molecule has 0 radical (unpaired) electrons. The van der Waals surface area contributed by atoms with Crippen molar-refractivity contribution in [2.45, 2.75) is 71.6 Å². The number of aliphatic carboxylic acids is 1. The van der Waals surface area contributed by atoms with Gasteiger partial charge in [0, 0.05) is 13.6 Å². The van der Waals surface area contributed by atoms with Gasteiger partial charge in [-0.25, -0.2) is 9.59 Å². The Kier molecular flexibility index (Phi) is 6.63.